The Morgan fingerprint density at radius 2 is 2.21 bits per heavy atom. The molecule has 0 saturated heterocycles. The second-order valence-corrected chi connectivity index (χ2v) is 6.47. The van der Waals surface area contributed by atoms with Crippen LogP contribution in [0.25, 0.3) is 0 Å². The lowest BCUT2D eigenvalue weighted by atomic mass is 9.90. The van der Waals surface area contributed by atoms with Crippen LogP contribution in [0.4, 0.5) is 0 Å². The number of allylic oxidation sites excluding steroid dienone is 1. The fourth-order valence-electron chi connectivity index (χ4n) is 2.92. The summed E-state index contributed by atoms with van der Waals surface area (Å²) in [4.78, 5) is 11.6. The van der Waals surface area contributed by atoms with Crippen molar-refractivity contribution in [3.63, 3.8) is 0 Å². The van der Waals surface area contributed by atoms with E-state index in [2.05, 4.69) is 6.58 Å². The molecule has 1 aliphatic heterocycles. The summed E-state index contributed by atoms with van der Waals surface area (Å²) in [7, 11) is 0. The van der Waals surface area contributed by atoms with Gasteiger partial charge < -0.3 is 9.47 Å². The Morgan fingerprint density at radius 1 is 1.38 bits per heavy atom. The Balaban J connectivity index is 1.79. The summed E-state index contributed by atoms with van der Waals surface area (Å²) < 4.78 is 11.8. The number of hydrogen-bond acceptors (Lipinski definition) is 3. The zero-order chi connectivity index (χ0) is 17.1. The van der Waals surface area contributed by atoms with Crippen LogP contribution in [0.15, 0.2) is 49.1 Å². The molecule has 0 radical (unpaired) electrons. The molecular weight excluding hydrogens is 324 g/mol. The Morgan fingerprint density at radius 3 is 2.96 bits per heavy atom. The highest BCUT2D eigenvalue weighted by molar-refractivity contribution is 6.30. The topological polar surface area (TPSA) is 35.5 Å². The van der Waals surface area contributed by atoms with Crippen LogP contribution in [0, 0.1) is 12.8 Å². The second-order valence-electron chi connectivity index (χ2n) is 6.03. The van der Waals surface area contributed by atoms with Crippen LogP contribution < -0.4 is 9.47 Å². The van der Waals surface area contributed by atoms with Crippen molar-refractivity contribution in [3.05, 3.63) is 65.2 Å². The summed E-state index contributed by atoms with van der Waals surface area (Å²) in [5.74, 6) is 2.49. The van der Waals surface area contributed by atoms with Gasteiger partial charge in [-0.2, -0.15) is 0 Å². The molecule has 3 rings (SSSR count). The highest BCUT2D eigenvalue weighted by atomic mass is 35.5. The van der Waals surface area contributed by atoms with E-state index in [0.717, 1.165) is 23.3 Å². The van der Waals surface area contributed by atoms with Crippen LogP contribution in [-0.4, -0.2) is 12.4 Å². The molecule has 1 aliphatic rings. The van der Waals surface area contributed by atoms with E-state index in [0.29, 0.717) is 29.5 Å². The third kappa shape index (κ3) is 3.80. The van der Waals surface area contributed by atoms with Crippen molar-refractivity contribution in [1.82, 2.24) is 0 Å². The Bertz CT molecular complexity index is 782. The maximum atomic E-state index is 11.6. The standard InChI is InChI=1S/C20H19ClO3/c1-3-16(22)8-14-9-19-13(2)7-18(11-20(19)23-12-14)24-17-6-4-5-15(21)10-17/h3-7,10-11,14H,1,8-9,12H2,2H3. The molecule has 1 heterocycles. The van der Waals surface area contributed by atoms with Gasteiger partial charge >= 0.3 is 0 Å². The Kier molecular flexibility index (Phi) is 4.91. The molecule has 24 heavy (non-hydrogen) atoms. The molecule has 0 aromatic heterocycles. The lowest BCUT2D eigenvalue weighted by molar-refractivity contribution is -0.115. The van der Waals surface area contributed by atoms with Gasteiger partial charge in [-0.1, -0.05) is 24.2 Å². The van der Waals surface area contributed by atoms with Crippen LogP contribution in [-0.2, 0) is 11.2 Å². The molecule has 0 saturated carbocycles. The minimum absolute atomic E-state index is 0.0608. The van der Waals surface area contributed by atoms with Gasteiger partial charge in [-0.3, -0.25) is 4.79 Å². The first-order valence-corrected chi connectivity index (χ1v) is 8.28. The van der Waals surface area contributed by atoms with E-state index in [-0.39, 0.29) is 11.7 Å². The van der Waals surface area contributed by atoms with Gasteiger partial charge in [-0.25, -0.2) is 0 Å². The van der Waals surface area contributed by atoms with Crippen molar-refractivity contribution in [2.45, 2.75) is 19.8 Å². The molecule has 1 atom stereocenters. The molecular formula is C20H19ClO3. The largest absolute Gasteiger partial charge is 0.493 e. The van der Waals surface area contributed by atoms with E-state index in [1.165, 1.54) is 6.08 Å². The molecule has 1 unspecified atom stereocenters. The summed E-state index contributed by atoms with van der Waals surface area (Å²) >= 11 is 5.99. The highest BCUT2D eigenvalue weighted by Crippen LogP contribution is 2.36. The average molecular weight is 343 g/mol. The van der Waals surface area contributed by atoms with Crippen LogP contribution in [0.3, 0.4) is 0 Å². The van der Waals surface area contributed by atoms with E-state index in [9.17, 15) is 4.79 Å². The molecule has 0 spiro atoms. The van der Waals surface area contributed by atoms with Crippen LogP contribution in [0.5, 0.6) is 17.2 Å². The number of ether oxygens (including phenoxy) is 2. The first-order chi connectivity index (χ1) is 11.5. The van der Waals surface area contributed by atoms with Crippen LogP contribution in [0.2, 0.25) is 5.02 Å². The third-order valence-electron chi connectivity index (χ3n) is 4.12. The number of fused-ring (bicyclic) bond motifs is 1. The molecule has 0 amide bonds. The number of halogens is 1. The molecule has 2 aromatic rings. The van der Waals surface area contributed by atoms with Crippen molar-refractivity contribution >= 4 is 17.4 Å². The maximum Gasteiger partial charge on any atom is 0.155 e. The third-order valence-corrected chi connectivity index (χ3v) is 4.36. The first-order valence-electron chi connectivity index (χ1n) is 7.90. The number of rotatable bonds is 5. The smallest absolute Gasteiger partial charge is 0.155 e. The van der Waals surface area contributed by atoms with Gasteiger partial charge in [-0.05, 0) is 54.8 Å². The van der Waals surface area contributed by atoms with Gasteiger partial charge in [-0.15, -0.1) is 0 Å². The normalized spacial score (nSPS) is 16.0. The fraction of sp³-hybridized carbons (Fsp3) is 0.250. The quantitative estimate of drug-likeness (QED) is 0.706. The van der Waals surface area contributed by atoms with Crippen molar-refractivity contribution in [3.8, 4) is 17.2 Å². The summed E-state index contributed by atoms with van der Waals surface area (Å²) in [6.07, 6.45) is 2.69. The Labute approximate surface area is 146 Å². The van der Waals surface area contributed by atoms with Gasteiger partial charge in [0.15, 0.2) is 5.78 Å². The van der Waals surface area contributed by atoms with E-state index >= 15 is 0 Å². The molecule has 0 bridgehead atoms. The zero-order valence-corrected chi connectivity index (χ0v) is 14.3. The molecule has 0 N–H and O–H groups in total. The maximum absolute atomic E-state index is 11.6. The van der Waals surface area contributed by atoms with E-state index in [1.807, 2.05) is 31.2 Å². The van der Waals surface area contributed by atoms with Crippen molar-refractivity contribution in [2.24, 2.45) is 5.92 Å². The lowest BCUT2D eigenvalue weighted by Gasteiger charge is -2.26. The number of benzene rings is 2. The molecule has 2 aromatic carbocycles. The number of hydrogen-bond donors (Lipinski definition) is 0. The van der Waals surface area contributed by atoms with E-state index in [1.54, 1.807) is 12.1 Å². The van der Waals surface area contributed by atoms with Crippen LogP contribution >= 0.6 is 11.6 Å². The van der Waals surface area contributed by atoms with Gasteiger partial charge in [0.05, 0.1) is 6.61 Å². The lowest BCUT2D eigenvalue weighted by Crippen LogP contribution is -2.23. The molecule has 0 fully saturated rings. The van der Waals surface area contributed by atoms with Crippen molar-refractivity contribution < 1.29 is 14.3 Å². The monoisotopic (exact) mass is 342 g/mol. The van der Waals surface area contributed by atoms with Crippen LogP contribution in [0.1, 0.15) is 17.5 Å². The number of carbonyl (C=O) groups is 1. The van der Waals surface area contributed by atoms with Gasteiger partial charge in [0, 0.05) is 23.4 Å². The number of carbonyl (C=O) groups excluding carboxylic acids is 1. The fourth-order valence-corrected chi connectivity index (χ4v) is 3.10. The summed E-state index contributed by atoms with van der Waals surface area (Å²) in [5, 5.41) is 0.633. The predicted octanol–water partition coefficient (Wildman–Crippen LogP) is 5.14. The second kappa shape index (κ2) is 7.10. The SMILES string of the molecule is C=CC(=O)CC1COc2cc(Oc3cccc(Cl)c3)cc(C)c2C1. The number of aryl methyl sites for hydroxylation is 1. The molecule has 0 aliphatic carbocycles. The van der Waals surface area contributed by atoms with E-state index < -0.39 is 0 Å². The summed E-state index contributed by atoms with van der Waals surface area (Å²) in [6, 6.07) is 11.2. The summed E-state index contributed by atoms with van der Waals surface area (Å²) in [6.45, 7) is 6.10. The van der Waals surface area contributed by atoms with E-state index in [4.69, 9.17) is 21.1 Å². The zero-order valence-electron chi connectivity index (χ0n) is 13.5. The molecule has 3 nitrogen and oxygen atoms in total. The molecule has 124 valence electrons. The average Bonchev–Trinajstić information content (AvgIpc) is 2.55. The summed E-state index contributed by atoms with van der Waals surface area (Å²) in [5.41, 5.74) is 2.24. The van der Waals surface area contributed by atoms with Gasteiger partial charge in [0.25, 0.3) is 0 Å². The Hall–Kier alpha value is -2.26. The number of ketones is 1. The molecule has 4 heteroatoms. The predicted molar refractivity (Wildman–Crippen MR) is 95.2 cm³/mol. The van der Waals surface area contributed by atoms with Gasteiger partial charge in [0.2, 0.25) is 0 Å². The highest BCUT2D eigenvalue weighted by Gasteiger charge is 2.23. The van der Waals surface area contributed by atoms with Crippen molar-refractivity contribution in [1.29, 1.82) is 0 Å². The minimum atomic E-state index is 0.0608. The van der Waals surface area contributed by atoms with Gasteiger partial charge in [0.1, 0.15) is 17.2 Å². The minimum Gasteiger partial charge on any atom is -0.493 e. The van der Waals surface area contributed by atoms with Crippen molar-refractivity contribution in [2.75, 3.05) is 6.61 Å². The first kappa shape index (κ1) is 16.6.